The van der Waals surface area contributed by atoms with Crippen LogP contribution in [-0.4, -0.2) is 39.8 Å². The van der Waals surface area contributed by atoms with Gasteiger partial charge < -0.3 is 14.6 Å². The number of hydrogen-bond acceptors (Lipinski definition) is 7. The lowest BCUT2D eigenvalue weighted by Crippen LogP contribution is -2.17. The van der Waals surface area contributed by atoms with Gasteiger partial charge >= 0.3 is 12.3 Å². The van der Waals surface area contributed by atoms with Gasteiger partial charge in [0.1, 0.15) is 11.4 Å². The first-order valence-electron chi connectivity index (χ1n) is 9.21. The Hall–Kier alpha value is -3.69. The van der Waals surface area contributed by atoms with Crippen molar-refractivity contribution < 1.29 is 37.3 Å². The fourth-order valence-corrected chi connectivity index (χ4v) is 2.91. The summed E-state index contributed by atoms with van der Waals surface area (Å²) in [5.74, 6) is -2.04. The zero-order chi connectivity index (χ0) is 22.6. The van der Waals surface area contributed by atoms with Crippen LogP contribution in [0.3, 0.4) is 0 Å². The molecule has 0 saturated carbocycles. The normalized spacial score (nSPS) is 11.4. The summed E-state index contributed by atoms with van der Waals surface area (Å²) in [4.78, 5) is 31.9. The molecule has 1 aromatic carbocycles. The molecule has 2 heterocycles. The molecule has 162 valence electrons. The maximum absolute atomic E-state index is 12.5. The van der Waals surface area contributed by atoms with E-state index in [4.69, 9.17) is 4.74 Å². The Labute approximate surface area is 174 Å². The van der Waals surface area contributed by atoms with E-state index in [9.17, 15) is 27.9 Å². The molecule has 0 bridgehead atoms. The first-order valence-corrected chi connectivity index (χ1v) is 9.21. The summed E-state index contributed by atoms with van der Waals surface area (Å²) in [5.41, 5.74) is 1.05. The summed E-state index contributed by atoms with van der Waals surface area (Å²) < 4.78 is 45.5. The summed E-state index contributed by atoms with van der Waals surface area (Å²) in [5, 5.41) is 10.7. The van der Waals surface area contributed by atoms with Gasteiger partial charge in [0.25, 0.3) is 0 Å². The molecule has 1 N–H and O–H groups in total. The van der Waals surface area contributed by atoms with Gasteiger partial charge in [-0.25, -0.2) is 9.97 Å². The molecule has 31 heavy (non-hydrogen) atoms. The Morgan fingerprint density at radius 1 is 1.13 bits per heavy atom. The predicted molar refractivity (Wildman–Crippen MR) is 104 cm³/mol. The van der Waals surface area contributed by atoms with E-state index in [1.54, 1.807) is 25.1 Å². The number of ketones is 1. The van der Waals surface area contributed by atoms with Crippen LogP contribution in [0.15, 0.2) is 42.6 Å². The maximum atomic E-state index is 12.5. The number of carbonyl (C=O) groups excluding carboxylic acids is 2. The number of Topliss-reactive ketones (excluding diaryl/α,β-unsaturated/α-hetero) is 1. The fraction of sp³-hybridized carbons (Fsp3) is 0.238. The Bertz CT molecular complexity index is 1110. The van der Waals surface area contributed by atoms with Crippen LogP contribution in [0.25, 0.3) is 22.0 Å². The molecule has 0 aliphatic heterocycles. The van der Waals surface area contributed by atoms with Crippen molar-refractivity contribution in [3.63, 3.8) is 0 Å². The second kappa shape index (κ2) is 8.99. The van der Waals surface area contributed by atoms with E-state index in [2.05, 4.69) is 14.7 Å². The zero-order valence-electron chi connectivity index (χ0n) is 16.3. The molecule has 0 aliphatic rings. The molecule has 0 radical (unpaired) electrons. The van der Waals surface area contributed by atoms with Crippen molar-refractivity contribution in [1.29, 1.82) is 0 Å². The van der Waals surface area contributed by atoms with Gasteiger partial charge in [0.15, 0.2) is 5.78 Å². The average molecular weight is 434 g/mol. The molecule has 0 unspecified atom stereocenters. The van der Waals surface area contributed by atoms with Crippen molar-refractivity contribution in [3.05, 3.63) is 48.3 Å². The average Bonchev–Trinajstić information content (AvgIpc) is 2.70. The highest BCUT2D eigenvalue weighted by molar-refractivity contribution is 6.02. The summed E-state index contributed by atoms with van der Waals surface area (Å²) in [6, 6.07) is 8.78. The number of benzene rings is 1. The molecule has 7 nitrogen and oxygen atoms in total. The van der Waals surface area contributed by atoms with Gasteiger partial charge in [0.05, 0.1) is 18.5 Å². The molecular formula is C21H17F3N2O5. The fourth-order valence-electron chi connectivity index (χ4n) is 2.91. The van der Waals surface area contributed by atoms with Crippen molar-refractivity contribution in [2.24, 2.45) is 0 Å². The van der Waals surface area contributed by atoms with Crippen LogP contribution in [-0.2, 0) is 9.53 Å². The van der Waals surface area contributed by atoms with E-state index in [1.165, 1.54) is 18.3 Å². The Morgan fingerprint density at radius 2 is 1.90 bits per heavy atom. The molecule has 2 aromatic heterocycles. The molecule has 0 atom stereocenters. The minimum atomic E-state index is -4.86. The molecular weight excluding hydrogens is 417 g/mol. The monoisotopic (exact) mass is 434 g/mol. The number of pyridine rings is 2. The van der Waals surface area contributed by atoms with Crippen LogP contribution in [0.2, 0.25) is 0 Å². The van der Waals surface area contributed by atoms with Crippen molar-refractivity contribution in [1.82, 2.24) is 9.97 Å². The SMILES string of the molecule is CCOC(=O)CCC(=O)c1nc2c(-c3ccc(OC(F)(F)F)nc3)cccc2cc1O. The number of rotatable bonds is 7. The number of para-hydroxylation sites is 1. The topological polar surface area (TPSA) is 98.6 Å². The second-order valence-corrected chi connectivity index (χ2v) is 6.39. The molecule has 0 aliphatic carbocycles. The van der Waals surface area contributed by atoms with E-state index in [0.29, 0.717) is 22.0 Å². The van der Waals surface area contributed by atoms with E-state index in [0.717, 1.165) is 6.07 Å². The largest absolute Gasteiger partial charge is 0.574 e. The number of hydrogen-bond donors (Lipinski definition) is 1. The molecule has 10 heteroatoms. The van der Waals surface area contributed by atoms with Gasteiger partial charge in [-0.05, 0) is 19.1 Å². The Balaban J connectivity index is 1.94. The van der Waals surface area contributed by atoms with Gasteiger partial charge in [0, 0.05) is 35.2 Å². The predicted octanol–water partition coefficient (Wildman–Crippen LogP) is 4.43. The number of ether oxygens (including phenoxy) is 2. The van der Waals surface area contributed by atoms with Gasteiger partial charge in [0.2, 0.25) is 5.88 Å². The quantitative estimate of drug-likeness (QED) is 0.434. The summed E-state index contributed by atoms with van der Waals surface area (Å²) in [6.07, 6.45) is -4.02. The van der Waals surface area contributed by atoms with Crippen LogP contribution in [0, 0.1) is 0 Å². The number of aromatic nitrogens is 2. The highest BCUT2D eigenvalue weighted by Crippen LogP contribution is 2.32. The van der Waals surface area contributed by atoms with E-state index in [1.807, 2.05) is 0 Å². The van der Waals surface area contributed by atoms with Crippen molar-refractivity contribution in [3.8, 4) is 22.8 Å². The third-order valence-corrected chi connectivity index (χ3v) is 4.22. The van der Waals surface area contributed by atoms with Gasteiger partial charge in [-0.3, -0.25) is 9.59 Å². The number of nitrogens with zero attached hydrogens (tertiary/aromatic N) is 2. The van der Waals surface area contributed by atoms with Gasteiger partial charge in [-0.1, -0.05) is 18.2 Å². The standard InChI is InChI=1S/C21H17F3N2O5/c1-2-30-18(29)9-7-15(27)20-16(28)10-12-4-3-5-14(19(12)26-20)13-6-8-17(25-11-13)31-21(22,23)24/h3-6,8,10-11,28H,2,7,9H2,1H3. The first-order chi connectivity index (χ1) is 14.7. The molecule has 0 fully saturated rings. The maximum Gasteiger partial charge on any atom is 0.574 e. The summed E-state index contributed by atoms with van der Waals surface area (Å²) in [7, 11) is 0. The first kappa shape index (κ1) is 22.0. The molecule has 0 amide bonds. The lowest BCUT2D eigenvalue weighted by Gasteiger charge is -2.11. The highest BCUT2D eigenvalue weighted by atomic mass is 19.4. The lowest BCUT2D eigenvalue weighted by atomic mass is 10.0. The van der Waals surface area contributed by atoms with Crippen LogP contribution < -0.4 is 4.74 Å². The van der Waals surface area contributed by atoms with Crippen LogP contribution in [0.4, 0.5) is 13.2 Å². The molecule has 0 spiro atoms. The summed E-state index contributed by atoms with van der Waals surface area (Å²) in [6.45, 7) is 1.84. The zero-order valence-corrected chi connectivity index (χ0v) is 16.3. The van der Waals surface area contributed by atoms with E-state index >= 15 is 0 Å². The lowest BCUT2D eigenvalue weighted by molar-refractivity contribution is -0.276. The van der Waals surface area contributed by atoms with Crippen molar-refractivity contribution in [2.45, 2.75) is 26.1 Å². The van der Waals surface area contributed by atoms with Crippen LogP contribution in [0.5, 0.6) is 11.6 Å². The minimum absolute atomic E-state index is 0.155. The number of esters is 1. The minimum Gasteiger partial charge on any atom is -0.506 e. The summed E-state index contributed by atoms with van der Waals surface area (Å²) >= 11 is 0. The van der Waals surface area contributed by atoms with Gasteiger partial charge in [-0.2, -0.15) is 0 Å². The number of alkyl halides is 3. The Morgan fingerprint density at radius 3 is 2.55 bits per heavy atom. The Kier molecular flexibility index (Phi) is 6.38. The van der Waals surface area contributed by atoms with Crippen molar-refractivity contribution in [2.75, 3.05) is 6.61 Å². The van der Waals surface area contributed by atoms with E-state index in [-0.39, 0.29) is 30.9 Å². The third kappa shape index (κ3) is 5.47. The number of halogens is 3. The smallest absolute Gasteiger partial charge is 0.506 e. The van der Waals surface area contributed by atoms with E-state index < -0.39 is 24.0 Å². The third-order valence-electron chi connectivity index (χ3n) is 4.22. The number of fused-ring (bicyclic) bond motifs is 1. The number of carbonyl (C=O) groups is 2. The van der Waals surface area contributed by atoms with Crippen molar-refractivity contribution >= 4 is 22.7 Å². The van der Waals surface area contributed by atoms with Gasteiger partial charge in [-0.15, -0.1) is 13.2 Å². The molecule has 3 rings (SSSR count). The molecule has 0 saturated heterocycles. The molecule has 3 aromatic rings. The second-order valence-electron chi connectivity index (χ2n) is 6.39. The number of aromatic hydroxyl groups is 1. The highest BCUT2D eigenvalue weighted by Gasteiger charge is 2.31. The van der Waals surface area contributed by atoms with Crippen LogP contribution >= 0.6 is 0 Å². The van der Waals surface area contributed by atoms with Crippen LogP contribution in [0.1, 0.15) is 30.3 Å².